The molecule has 1 aliphatic rings. The average Bonchev–Trinajstić information content (AvgIpc) is 2.67. The number of rotatable bonds is 8. The van der Waals surface area contributed by atoms with E-state index in [9.17, 15) is 14.4 Å². The maximum absolute atomic E-state index is 12.2. The fourth-order valence-electron chi connectivity index (χ4n) is 2.81. The number of hydrogen-bond donors (Lipinski definition) is 1. The third kappa shape index (κ3) is 6.38. The summed E-state index contributed by atoms with van der Waals surface area (Å²) < 4.78 is 10.3. The molecule has 1 saturated heterocycles. The second-order valence-electron chi connectivity index (χ2n) is 6.10. The molecule has 1 aromatic rings. The standard InChI is InChI=1S/C19H26N2O5/c1-2-25-18(23)8-11-20-19(24)15-9-12-21(13-10-15)17(22)14-26-16-6-4-3-5-7-16/h3-7,15H,2,8-14H2,1H3,(H,20,24). The molecule has 7 nitrogen and oxygen atoms in total. The van der Waals surface area contributed by atoms with Crippen LogP contribution >= 0.6 is 0 Å². The van der Waals surface area contributed by atoms with Crippen LogP contribution in [0.5, 0.6) is 5.75 Å². The zero-order valence-corrected chi connectivity index (χ0v) is 15.1. The molecule has 7 heteroatoms. The number of para-hydroxylation sites is 1. The van der Waals surface area contributed by atoms with E-state index >= 15 is 0 Å². The second-order valence-corrected chi connectivity index (χ2v) is 6.10. The Labute approximate surface area is 153 Å². The fourth-order valence-corrected chi connectivity index (χ4v) is 2.81. The molecule has 0 saturated carbocycles. The Hall–Kier alpha value is -2.57. The van der Waals surface area contributed by atoms with Crippen molar-refractivity contribution in [2.24, 2.45) is 5.92 Å². The van der Waals surface area contributed by atoms with Crippen LogP contribution in [0.15, 0.2) is 30.3 Å². The van der Waals surface area contributed by atoms with Gasteiger partial charge in [-0.05, 0) is 31.9 Å². The first-order chi connectivity index (χ1) is 12.6. The number of piperidine rings is 1. The Morgan fingerprint density at radius 1 is 1.15 bits per heavy atom. The molecule has 1 fully saturated rings. The third-order valence-corrected chi connectivity index (χ3v) is 4.26. The van der Waals surface area contributed by atoms with Gasteiger partial charge in [-0.3, -0.25) is 14.4 Å². The van der Waals surface area contributed by atoms with Gasteiger partial charge >= 0.3 is 5.97 Å². The third-order valence-electron chi connectivity index (χ3n) is 4.26. The van der Waals surface area contributed by atoms with Crippen LogP contribution in [0.1, 0.15) is 26.2 Å². The van der Waals surface area contributed by atoms with Crippen molar-refractivity contribution < 1.29 is 23.9 Å². The molecule has 26 heavy (non-hydrogen) atoms. The highest BCUT2D eigenvalue weighted by atomic mass is 16.5. The van der Waals surface area contributed by atoms with E-state index in [-0.39, 0.29) is 43.3 Å². The van der Waals surface area contributed by atoms with E-state index in [1.807, 2.05) is 18.2 Å². The summed E-state index contributed by atoms with van der Waals surface area (Å²) in [4.78, 5) is 37.3. The molecular formula is C19H26N2O5. The van der Waals surface area contributed by atoms with E-state index in [1.54, 1.807) is 24.0 Å². The molecule has 0 aromatic heterocycles. The molecule has 1 aromatic carbocycles. The predicted molar refractivity (Wildman–Crippen MR) is 95.5 cm³/mol. The molecule has 1 N–H and O–H groups in total. The van der Waals surface area contributed by atoms with Gasteiger partial charge < -0.3 is 19.7 Å². The first-order valence-corrected chi connectivity index (χ1v) is 8.99. The first kappa shape index (κ1) is 19.8. The van der Waals surface area contributed by atoms with Gasteiger partial charge in [0.25, 0.3) is 5.91 Å². The minimum Gasteiger partial charge on any atom is -0.484 e. The minimum absolute atomic E-state index is 0.000413. The maximum atomic E-state index is 12.2. The van der Waals surface area contributed by atoms with Gasteiger partial charge in [0.1, 0.15) is 5.75 Å². The minimum atomic E-state index is -0.313. The highest BCUT2D eigenvalue weighted by molar-refractivity contribution is 5.81. The number of carbonyl (C=O) groups is 3. The lowest BCUT2D eigenvalue weighted by Gasteiger charge is -2.31. The summed E-state index contributed by atoms with van der Waals surface area (Å²) in [6, 6.07) is 9.20. The number of benzene rings is 1. The van der Waals surface area contributed by atoms with Crippen LogP contribution in [0.2, 0.25) is 0 Å². The zero-order valence-electron chi connectivity index (χ0n) is 15.1. The number of carbonyl (C=O) groups excluding carboxylic acids is 3. The lowest BCUT2D eigenvalue weighted by atomic mass is 9.96. The second kappa shape index (κ2) is 10.4. The largest absolute Gasteiger partial charge is 0.484 e. The van der Waals surface area contributed by atoms with Gasteiger partial charge in [0.2, 0.25) is 5.91 Å². The molecule has 0 spiro atoms. The highest BCUT2D eigenvalue weighted by Crippen LogP contribution is 2.18. The van der Waals surface area contributed by atoms with Crippen molar-refractivity contribution in [3.8, 4) is 5.75 Å². The number of nitrogens with one attached hydrogen (secondary N) is 1. The molecule has 0 aliphatic carbocycles. The number of nitrogens with zero attached hydrogens (tertiary/aromatic N) is 1. The normalized spacial score (nSPS) is 14.6. The Bertz CT molecular complexity index is 597. The molecule has 0 radical (unpaired) electrons. The SMILES string of the molecule is CCOC(=O)CCNC(=O)C1CCN(C(=O)COc2ccccc2)CC1. The molecule has 2 amide bonds. The van der Waals surface area contributed by atoms with Crippen molar-refractivity contribution in [2.45, 2.75) is 26.2 Å². The van der Waals surface area contributed by atoms with Gasteiger partial charge in [-0.2, -0.15) is 0 Å². The van der Waals surface area contributed by atoms with E-state index in [1.165, 1.54) is 0 Å². The molecule has 0 bridgehead atoms. The number of likely N-dealkylation sites (tertiary alicyclic amines) is 1. The number of ether oxygens (including phenoxy) is 2. The van der Waals surface area contributed by atoms with Gasteiger partial charge in [0.05, 0.1) is 13.0 Å². The molecule has 1 aliphatic heterocycles. The topological polar surface area (TPSA) is 84.9 Å². The van der Waals surface area contributed by atoms with Gasteiger partial charge in [0.15, 0.2) is 6.61 Å². The summed E-state index contributed by atoms with van der Waals surface area (Å²) in [6.45, 7) is 3.44. The number of esters is 1. The van der Waals surface area contributed by atoms with Crippen LogP contribution in [0.25, 0.3) is 0 Å². The fraction of sp³-hybridized carbons (Fsp3) is 0.526. The van der Waals surface area contributed by atoms with Crippen molar-refractivity contribution >= 4 is 17.8 Å². The summed E-state index contributed by atoms with van der Waals surface area (Å²) in [5, 5.41) is 2.76. The molecule has 142 valence electrons. The van der Waals surface area contributed by atoms with Crippen molar-refractivity contribution in [2.75, 3.05) is 32.8 Å². The summed E-state index contributed by atoms with van der Waals surface area (Å²) >= 11 is 0. The van der Waals surface area contributed by atoms with Crippen LogP contribution in [-0.4, -0.2) is 55.5 Å². The number of amides is 2. The van der Waals surface area contributed by atoms with Crippen LogP contribution < -0.4 is 10.1 Å². The quantitative estimate of drug-likeness (QED) is 0.706. The van der Waals surface area contributed by atoms with E-state index in [0.29, 0.717) is 38.3 Å². The van der Waals surface area contributed by atoms with E-state index in [0.717, 1.165) is 0 Å². The van der Waals surface area contributed by atoms with E-state index in [2.05, 4.69) is 5.32 Å². The van der Waals surface area contributed by atoms with Gasteiger partial charge in [-0.25, -0.2) is 0 Å². The summed E-state index contributed by atoms with van der Waals surface area (Å²) in [5.41, 5.74) is 0. The van der Waals surface area contributed by atoms with Gasteiger partial charge in [-0.15, -0.1) is 0 Å². The smallest absolute Gasteiger partial charge is 0.307 e. The average molecular weight is 362 g/mol. The molecule has 1 heterocycles. The highest BCUT2D eigenvalue weighted by Gasteiger charge is 2.27. The van der Waals surface area contributed by atoms with Gasteiger partial charge in [0, 0.05) is 25.6 Å². The lowest BCUT2D eigenvalue weighted by molar-refractivity contribution is -0.143. The van der Waals surface area contributed by atoms with Crippen LogP contribution in [0.4, 0.5) is 0 Å². The zero-order chi connectivity index (χ0) is 18.8. The van der Waals surface area contributed by atoms with Crippen molar-refractivity contribution in [3.05, 3.63) is 30.3 Å². The lowest BCUT2D eigenvalue weighted by Crippen LogP contribution is -2.44. The van der Waals surface area contributed by atoms with Crippen LogP contribution in [0, 0.1) is 5.92 Å². The van der Waals surface area contributed by atoms with E-state index < -0.39 is 0 Å². The summed E-state index contributed by atoms with van der Waals surface area (Å²) in [5.74, 6) is 0.0802. The molecule has 0 atom stereocenters. The molecule has 2 rings (SSSR count). The first-order valence-electron chi connectivity index (χ1n) is 8.99. The summed E-state index contributed by atoms with van der Waals surface area (Å²) in [7, 11) is 0. The van der Waals surface area contributed by atoms with Crippen LogP contribution in [-0.2, 0) is 19.1 Å². The predicted octanol–water partition coefficient (Wildman–Crippen LogP) is 1.37. The Kier molecular flexibility index (Phi) is 7.92. The van der Waals surface area contributed by atoms with Crippen LogP contribution in [0.3, 0.4) is 0 Å². The molecule has 0 unspecified atom stereocenters. The number of hydrogen-bond acceptors (Lipinski definition) is 5. The van der Waals surface area contributed by atoms with Crippen molar-refractivity contribution in [1.82, 2.24) is 10.2 Å². The summed E-state index contributed by atoms with van der Waals surface area (Å²) in [6.07, 6.45) is 1.40. The van der Waals surface area contributed by atoms with Crippen molar-refractivity contribution in [1.29, 1.82) is 0 Å². The monoisotopic (exact) mass is 362 g/mol. The van der Waals surface area contributed by atoms with Gasteiger partial charge in [-0.1, -0.05) is 18.2 Å². The Morgan fingerprint density at radius 3 is 2.50 bits per heavy atom. The van der Waals surface area contributed by atoms with Crippen molar-refractivity contribution in [3.63, 3.8) is 0 Å². The Morgan fingerprint density at radius 2 is 1.85 bits per heavy atom. The van der Waals surface area contributed by atoms with E-state index in [4.69, 9.17) is 9.47 Å². The Balaban J connectivity index is 1.65. The maximum Gasteiger partial charge on any atom is 0.307 e. The molecular weight excluding hydrogens is 336 g/mol.